The predicted octanol–water partition coefficient (Wildman–Crippen LogP) is 3.49. The number of pyridine rings is 1. The largest absolute Gasteiger partial charge is 0.341 e. The molecule has 7 nitrogen and oxygen atoms in total. The van der Waals surface area contributed by atoms with E-state index in [1.54, 1.807) is 12.3 Å². The van der Waals surface area contributed by atoms with Crippen molar-refractivity contribution < 1.29 is 4.79 Å². The molecule has 0 bridgehead atoms. The summed E-state index contributed by atoms with van der Waals surface area (Å²) in [4.78, 5) is 21.9. The standard InChI is InChI=1S/C21H22N6O/c1-13(2)19(20-23-15-9-4-5-10-18(15)27(20)3)24-21(28)17-12-16(25-26-17)14-8-6-7-11-22-14/h4-13,19H,1-3H3,(H,24,28)(H,25,26). The quantitative estimate of drug-likeness (QED) is 0.560. The smallest absolute Gasteiger partial charge is 0.269 e. The number of imidazole rings is 1. The number of H-pyrrole nitrogens is 1. The monoisotopic (exact) mass is 374 g/mol. The number of hydrogen-bond acceptors (Lipinski definition) is 4. The average Bonchev–Trinajstić information content (AvgIpc) is 3.32. The van der Waals surface area contributed by atoms with Gasteiger partial charge in [0.1, 0.15) is 17.2 Å². The minimum absolute atomic E-state index is 0.164. The van der Waals surface area contributed by atoms with E-state index in [2.05, 4.69) is 34.3 Å². The second-order valence-corrected chi connectivity index (χ2v) is 7.09. The molecule has 1 aromatic carbocycles. The molecule has 0 aliphatic heterocycles. The van der Waals surface area contributed by atoms with Crippen LogP contribution in [0.1, 0.15) is 36.2 Å². The Bertz CT molecular complexity index is 1110. The number of nitrogens with zero attached hydrogens (tertiary/aromatic N) is 4. The molecule has 0 aliphatic carbocycles. The Morgan fingerprint density at radius 3 is 2.61 bits per heavy atom. The number of fused-ring (bicyclic) bond motifs is 1. The van der Waals surface area contributed by atoms with Gasteiger partial charge in [0.25, 0.3) is 5.91 Å². The lowest BCUT2D eigenvalue weighted by molar-refractivity contribution is 0.0917. The summed E-state index contributed by atoms with van der Waals surface area (Å²) >= 11 is 0. The van der Waals surface area contributed by atoms with Crippen molar-refractivity contribution >= 4 is 16.9 Å². The predicted molar refractivity (Wildman–Crippen MR) is 108 cm³/mol. The zero-order chi connectivity index (χ0) is 19.7. The summed E-state index contributed by atoms with van der Waals surface area (Å²) in [5.74, 6) is 0.770. The van der Waals surface area contributed by atoms with Crippen LogP contribution in [-0.4, -0.2) is 30.6 Å². The molecule has 1 unspecified atom stereocenters. The molecule has 1 atom stereocenters. The van der Waals surface area contributed by atoms with Gasteiger partial charge < -0.3 is 9.88 Å². The molecule has 0 saturated carbocycles. The number of aromatic nitrogens is 5. The van der Waals surface area contributed by atoms with Gasteiger partial charge in [-0.25, -0.2) is 4.98 Å². The van der Waals surface area contributed by atoms with Gasteiger partial charge in [-0.3, -0.25) is 14.9 Å². The Kier molecular flexibility index (Phi) is 4.65. The second kappa shape index (κ2) is 7.26. The molecule has 2 N–H and O–H groups in total. The van der Waals surface area contributed by atoms with Crippen LogP contribution in [0.25, 0.3) is 22.4 Å². The number of amides is 1. The highest BCUT2D eigenvalue weighted by Gasteiger charge is 2.25. The van der Waals surface area contributed by atoms with E-state index < -0.39 is 0 Å². The van der Waals surface area contributed by atoms with E-state index in [9.17, 15) is 4.79 Å². The number of hydrogen-bond donors (Lipinski definition) is 2. The summed E-state index contributed by atoms with van der Waals surface area (Å²) in [6.45, 7) is 4.13. The number of para-hydroxylation sites is 2. The molecule has 4 aromatic rings. The molecule has 7 heteroatoms. The first-order valence-corrected chi connectivity index (χ1v) is 9.23. The van der Waals surface area contributed by atoms with Crippen molar-refractivity contribution in [1.82, 2.24) is 30.0 Å². The summed E-state index contributed by atoms with van der Waals surface area (Å²) < 4.78 is 2.03. The van der Waals surface area contributed by atoms with Crippen LogP contribution >= 0.6 is 0 Å². The minimum Gasteiger partial charge on any atom is -0.341 e. The number of benzene rings is 1. The van der Waals surface area contributed by atoms with Crippen molar-refractivity contribution in [1.29, 1.82) is 0 Å². The lowest BCUT2D eigenvalue weighted by Crippen LogP contribution is -2.33. The number of aromatic amines is 1. The number of carbonyl (C=O) groups excluding carboxylic acids is 1. The van der Waals surface area contributed by atoms with Gasteiger partial charge in [-0.05, 0) is 36.2 Å². The fourth-order valence-electron chi connectivity index (χ4n) is 3.27. The van der Waals surface area contributed by atoms with Crippen LogP contribution in [0.2, 0.25) is 0 Å². The lowest BCUT2D eigenvalue weighted by Gasteiger charge is -2.21. The number of carbonyl (C=O) groups is 1. The zero-order valence-corrected chi connectivity index (χ0v) is 16.0. The maximum atomic E-state index is 12.9. The van der Waals surface area contributed by atoms with Crippen LogP contribution in [0.5, 0.6) is 0 Å². The van der Waals surface area contributed by atoms with E-state index in [-0.39, 0.29) is 17.9 Å². The van der Waals surface area contributed by atoms with Gasteiger partial charge >= 0.3 is 0 Å². The first-order valence-electron chi connectivity index (χ1n) is 9.23. The lowest BCUT2D eigenvalue weighted by atomic mass is 10.0. The Labute approximate surface area is 162 Å². The maximum absolute atomic E-state index is 12.9. The van der Waals surface area contributed by atoms with E-state index in [4.69, 9.17) is 4.98 Å². The van der Waals surface area contributed by atoms with E-state index >= 15 is 0 Å². The summed E-state index contributed by atoms with van der Waals surface area (Å²) in [7, 11) is 1.97. The number of nitrogens with one attached hydrogen (secondary N) is 2. The Morgan fingerprint density at radius 2 is 1.89 bits per heavy atom. The molecule has 0 saturated heterocycles. The molecule has 28 heavy (non-hydrogen) atoms. The van der Waals surface area contributed by atoms with Crippen LogP contribution in [0.4, 0.5) is 0 Å². The zero-order valence-electron chi connectivity index (χ0n) is 16.0. The maximum Gasteiger partial charge on any atom is 0.269 e. The van der Waals surface area contributed by atoms with E-state index in [1.165, 1.54) is 0 Å². The summed E-state index contributed by atoms with van der Waals surface area (Å²) in [6, 6.07) is 15.0. The van der Waals surface area contributed by atoms with Crippen molar-refractivity contribution in [3.05, 3.63) is 66.2 Å². The van der Waals surface area contributed by atoms with Gasteiger partial charge in [-0.2, -0.15) is 5.10 Å². The third-order valence-electron chi connectivity index (χ3n) is 4.80. The summed E-state index contributed by atoms with van der Waals surface area (Å²) in [5.41, 5.74) is 3.70. The molecule has 3 heterocycles. The Balaban J connectivity index is 1.61. The van der Waals surface area contributed by atoms with Gasteiger partial charge in [0.2, 0.25) is 0 Å². The molecule has 0 aliphatic rings. The fraction of sp³-hybridized carbons (Fsp3) is 0.238. The highest BCUT2D eigenvalue weighted by Crippen LogP contribution is 2.25. The van der Waals surface area contributed by atoms with Crippen molar-refractivity contribution in [2.24, 2.45) is 13.0 Å². The van der Waals surface area contributed by atoms with Crippen LogP contribution in [0, 0.1) is 5.92 Å². The summed E-state index contributed by atoms with van der Waals surface area (Å²) in [5, 5.41) is 10.1. The van der Waals surface area contributed by atoms with Gasteiger partial charge in [-0.15, -0.1) is 0 Å². The number of aryl methyl sites for hydroxylation is 1. The van der Waals surface area contributed by atoms with Gasteiger partial charge in [0.15, 0.2) is 0 Å². The van der Waals surface area contributed by atoms with Crippen molar-refractivity contribution in [2.75, 3.05) is 0 Å². The third kappa shape index (κ3) is 3.26. The van der Waals surface area contributed by atoms with Crippen LogP contribution < -0.4 is 5.32 Å². The molecule has 0 radical (unpaired) electrons. The van der Waals surface area contributed by atoms with Gasteiger partial charge in [-0.1, -0.05) is 32.0 Å². The highest BCUT2D eigenvalue weighted by molar-refractivity contribution is 5.93. The normalized spacial score (nSPS) is 12.4. The second-order valence-electron chi connectivity index (χ2n) is 7.09. The molecule has 142 valence electrons. The molecular formula is C21H22N6O. The average molecular weight is 374 g/mol. The summed E-state index contributed by atoms with van der Waals surface area (Å²) in [6.07, 6.45) is 1.70. The van der Waals surface area contributed by atoms with E-state index in [0.717, 1.165) is 16.9 Å². The Hall–Kier alpha value is -3.48. The molecule has 0 spiro atoms. The van der Waals surface area contributed by atoms with Crippen LogP contribution in [0.15, 0.2) is 54.7 Å². The van der Waals surface area contributed by atoms with Crippen molar-refractivity contribution in [3.8, 4) is 11.4 Å². The number of rotatable bonds is 5. The van der Waals surface area contributed by atoms with Gasteiger partial charge in [0, 0.05) is 13.2 Å². The minimum atomic E-state index is -0.230. The van der Waals surface area contributed by atoms with E-state index in [1.807, 2.05) is 54.1 Å². The van der Waals surface area contributed by atoms with Crippen LogP contribution in [-0.2, 0) is 7.05 Å². The fourth-order valence-corrected chi connectivity index (χ4v) is 3.27. The topological polar surface area (TPSA) is 88.5 Å². The third-order valence-corrected chi connectivity index (χ3v) is 4.80. The van der Waals surface area contributed by atoms with Crippen LogP contribution in [0.3, 0.4) is 0 Å². The highest BCUT2D eigenvalue weighted by atomic mass is 16.2. The van der Waals surface area contributed by atoms with E-state index in [0.29, 0.717) is 17.1 Å². The SMILES string of the molecule is CC(C)C(NC(=O)c1cc(-c2ccccn2)n[nH]1)c1nc2ccccc2n1C. The van der Waals surface area contributed by atoms with Crippen molar-refractivity contribution in [3.63, 3.8) is 0 Å². The molecule has 0 fully saturated rings. The molecule has 3 aromatic heterocycles. The molecule has 1 amide bonds. The van der Waals surface area contributed by atoms with Crippen molar-refractivity contribution in [2.45, 2.75) is 19.9 Å². The Morgan fingerprint density at radius 1 is 1.11 bits per heavy atom. The first-order chi connectivity index (χ1) is 13.5. The first kappa shape index (κ1) is 17.9. The molecular weight excluding hydrogens is 352 g/mol. The molecule has 4 rings (SSSR count). The van der Waals surface area contributed by atoms with Gasteiger partial charge in [0.05, 0.1) is 22.8 Å².